The Kier molecular flexibility index (Phi) is 3.49. The number of nitrogens with two attached hydrogens (primary N) is 1. The van der Waals surface area contributed by atoms with Crippen molar-refractivity contribution < 1.29 is 4.42 Å². The summed E-state index contributed by atoms with van der Waals surface area (Å²) in [4.78, 5) is 0. The Hall–Kier alpha value is -1.06. The minimum absolute atomic E-state index is 0.102. The normalized spacial score (nSPS) is 12.9. The first-order valence-corrected chi connectivity index (χ1v) is 4.75. The molecule has 1 heterocycles. The molecular formula is C11H18N2O. The lowest BCUT2D eigenvalue weighted by molar-refractivity contribution is 0.486. The van der Waals surface area contributed by atoms with Crippen LogP contribution >= 0.6 is 0 Å². The highest BCUT2D eigenvalue weighted by Crippen LogP contribution is 2.28. The van der Waals surface area contributed by atoms with Crippen molar-refractivity contribution in [3.63, 3.8) is 0 Å². The first kappa shape index (κ1) is 11.0. The largest absolute Gasteiger partial charge is 0.466 e. The molecule has 3 nitrogen and oxygen atoms in total. The number of aryl methyl sites for hydroxylation is 2. The lowest BCUT2D eigenvalue weighted by Crippen LogP contribution is -2.28. The van der Waals surface area contributed by atoms with E-state index < -0.39 is 0 Å². The van der Waals surface area contributed by atoms with E-state index in [9.17, 15) is 0 Å². The third-order valence-corrected chi connectivity index (χ3v) is 2.57. The van der Waals surface area contributed by atoms with Crippen LogP contribution in [0.15, 0.2) is 17.1 Å². The molecule has 1 unspecified atom stereocenters. The SMILES string of the molecule is C=CCC(NN)c1c(C)oc(C)c1C. The van der Waals surface area contributed by atoms with Crippen molar-refractivity contribution in [2.75, 3.05) is 0 Å². The molecule has 1 rings (SSSR count). The molecule has 0 radical (unpaired) electrons. The Morgan fingerprint density at radius 2 is 2.07 bits per heavy atom. The summed E-state index contributed by atoms with van der Waals surface area (Å²) in [5.41, 5.74) is 5.11. The summed E-state index contributed by atoms with van der Waals surface area (Å²) in [5, 5.41) is 0. The highest BCUT2D eigenvalue weighted by molar-refractivity contribution is 5.34. The summed E-state index contributed by atoms with van der Waals surface area (Å²) in [6, 6.07) is 0.102. The van der Waals surface area contributed by atoms with E-state index in [4.69, 9.17) is 10.3 Å². The van der Waals surface area contributed by atoms with Crippen LogP contribution in [0.2, 0.25) is 0 Å². The van der Waals surface area contributed by atoms with Gasteiger partial charge in [0.1, 0.15) is 11.5 Å². The minimum Gasteiger partial charge on any atom is -0.466 e. The van der Waals surface area contributed by atoms with Crippen molar-refractivity contribution in [3.8, 4) is 0 Å². The molecule has 14 heavy (non-hydrogen) atoms. The van der Waals surface area contributed by atoms with Gasteiger partial charge in [-0.05, 0) is 32.8 Å². The van der Waals surface area contributed by atoms with Gasteiger partial charge in [-0.15, -0.1) is 6.58 Å². The molecule has 0 fully saturated rings. The van der Waals surface area contributed by atoms with Crippen molar-refractivity contribution in [1.29, 1.82) is 0 Å². The second-order valence-electron chi connectivity index (χ2n) is 3.50. The summed E-state index contributed by atoms with van der Waals surface area (Å²) in [6.07, 6.45) is 2.66. The van der Waals surface area contributed by atoms with E-state index in [0.29, 0.717) is 0 Å². The predicted molar refractivity (Wildman–Crippen MR) is 57.8 cm³/mol. The van der Waals surface area contributed by atoms with Crippen LogP contribution in [0.1, 0.15) is 35.1 Å². The summed E-state index contributed by atoms with van der Waals surface area (Å²) < 4.78 is 5.54. The van der Waals surface area contributed by atoms with Crippen molar-refractivity contribution in [2.45, 2.75) is 33.2 Å². The van der Waals surface area contributed by atoms with Gasteiger partial charge >= 0.3 is 0 Å². The second kappa shape index (κ2) is 4.44. The Morgan fingerprint density at radius 3 is 2.43 bits per heavy atom. The molecule has 1 aromatic heterocycles. The maximum atomic E-state index is 5.54. The van der Waals surface area contributed by atoms with Crippen LogP contribution in [0, 0.1) is 20.8 Å². The quantitative estimate of drug-likeness (QED) is 0.439. The molecule has 0 saturated heterocycles. The topological polar surface area (TPSA) is 51.2 Å². The molecule has 1 aromatic rings. The number of nitrogens with one attached hydrogen (secondary N) is 1. The van der Waals surface area contributed by atoms with Gasteiger partial charge in [0.05, 0.1) is 6.04 Å². The van der Waals surface area contributed by atoms with Gasteiger partial charge in [-0.25, -0.2) is 0 Å². The fraction of sp³-hybridized carbons (Fsp3) is 0.455. The maximum absolute atomic E-state index is 5.54. The number of hydrogen-bond donors (Lipinski definition) is 2. The third kappa shape index (κ3) is 1.89. The highest BCUT2D eigenvalue weighted by atomic mass is 16.3. The molecular weight excluding hydrogens is 176 g/mol. The second-order valence-corrected chi connectivity index (χ2v) is 3.50. The van der Waals surface area contributed by atoms with E-state index in [2.05, 4.69) is 18.9 Å². The molecule has 3 heteroatoms. The van der Waals surface area contributed by atoms with E-state index in [1.54, 1.807) is 0 Å². The monoisotopic (exact) mass is 194 g/mol. The summed E-state index contributed by atoms with van der Waals surface area (Å²) >= 11 is 0. The molecule has 0 aliphatic rings. The Bertz CT molecular complexity index is 328. The zero-order chi connectivity index (χ0) is 10.7. The highest BCUT2D eigenvalue weighted by Gasteiger charge is 2.18. The van der Waals surface area contributed by atoms with E-state index in [1.165, 1.54) is 5.56 Å². The molecule has 0 saturated carbocycles. The van der Waals surface area contributed by atoms with Gasteiger partial charge in [0.25, 0.3) is 0 Å². The zero-order valence-corrected chi connectivity index (χ0v) is 9.05. The maximum Gasteiger partial charge on any atom is 0.106 e. The van der Waals surface area contributed by atoms with Gasteiger partial charge in [0.2, 0.25) is 0 Å². The average Bonchev–Trinajstić information content (AvgIpc) is 2.39. The van der Waals surface area contributed by atoms with Crippen molar-refractivity contribution in [3.05, 3.63) is 35.3 Å². The molecule has 0 spiro atoms. The lowest BCUT2D eigenvalue weighted by Gasteiger charge is -2.14. The smallest absolute Gasteiger partial charge is 0.106 e. The lowest BCUT2D eigenvalue weighted by atomic mass is 10.0. The van der Waals surface area contributed by atoms with Gasteiger partial charge in [-0.3, -0.25) is 11.3 Å². The Morgan fingerprint density at radius 1 is 1.43 bits per heavy atom. The first-order chi connectivity index (χ1) is 6.61. The van der Waals surface area contributed by atoms with E-state index >= 15 is 0 Å². The fourth-order valence-corrected chi connectivity index (χ4v) is 1.76. The van der Waals surface area contributed by atoms with Gasteiger partial charge < -0.3 is 4.42 Å². The summed E-state index contributed by atoms with van der Waals surface area (Å²) in [6.45, 7) is 9.69. The van der Waals surface area contributed by atoms with Crippen LogP contribution in [0.5, 0.6) is 0 Å². The fourth-order valence-electron chi connectivity index (χ4n) is 1.76. The van der Waals surface area contributed by atoms with Crippen molar-refractivity contribution in [1.82, 2.24) is 5.43 Å². The summed E-state index contributed by atoms with van der Waals surface area (Å²) in [7, 11) is 0. The number of furan rings is 1. The van der Waals surface area contributed by atoms with Gasteiger partial charge in [0.15, 0.2) is 0 Å². The first-order valence-electron chi connectivity index (χ1n) is 4.75. The number of hydrazine groups is 1. The van der Waals surface area contributed by atoms with Crippen LogP contribution in [0.4, 0.5) is 0 Å². The van der Waals surface area contributed by atoms with Gasteiger partial charge in [0, 0.05) is 5.56 Å². The van der Waals surface area contributed by atoms with E-state index in [-0.39, 0.29) is 6.04 Å². The van der Waals surface area contributed by atoms with Crippen LogP contribution in [-0.4, -0.2) is 0 Å². The molecule has 0 bridgehead atoms. The Balaban J connectivity index is 3.08. The van der Waals surface area contributed by atoms with Crippen molar-refractivity contribution >= 4 is 0 Å². The minimum atomic E-state index is 0.102. The molecule has 0 aliphatic carbocycles. The number of hydrogen-bond acceptors (Lipinski definition) is 3. The van der Waals surface area contributed by atoms with E-state index in [0.717, 1.165) is 23.5 Å². The average molecular weight is 194 g/mol. The standard InChI is InChI=1S/C11H18N2O/c1-5-6-10(13-12)11-7(2)8(3)14-9(11)4/h5,10,13H,1,6,12H2,2-4H3. The molecule has 1 atom stereocenters. The zero-order valence-electron chi connectivity index (χ0n) is 9.05. The molecule has 78 valence electrons. The molecule has 3 N–H and O–H groups in total. The molecule has 0 aromatic carbocycles. The Labute approximate surface area is 85.0 Å². The van der Waals surface area contributed by atoms with Crippen LogP contribution in [-0.2, 0) is 0 Å². The van der Waals surface area contributed by atoms with Crippen molar-refractivity contribution in [2.24, 2.45) is 5.84 Å². The third-order valence-electron chi connectivity index (χ3n) is 2.57. The van der Waals surface area contributed by atoms with Crippen LogP contribution < -0.4 is 11.3 Å². The van der Waals surface area contributed by atoms with Crippen LogP contribution in [0.25, 0.3) is 0 Å². The van der Waals surface area contributed by atoms with Crippen LogP contribution in [0.3, 0.4) is 0 Å². The van der Waals surface area contributed by atoms with E-state index in [1.807, 2.05) is 19.9 Å². The molecule has 0 amide bonds. The van der Waals surface area contributed by atoms with Gasteiger partial charge in [-0.1, -0.05) is 6.08 Å². The number of rotatable bonds is 4. The van der Waals surface area contributed by atoms with Gasteiger partial charge in [-0.2, -0.15) is 0 Å². The predicted octanol–water partition coefficient (Wildman–Crippen LogP) is 2.29. The molecule has 0 aliphatic heterocycles. The summed E-state index contributed by atoms with van der Waals surface area (Å²) in [5.74, 6) is 7.39.